The molecule has 0 saturated carbocycles. The van der Waals surface area contributed by atoms with E-state index >= 15 is 0 Å². The van der Waals surface area contributed by atoms with Gasteiger partial charge in [-0.3, -0.25) is 14.5 Å². The summed E-state index contributed by atoms with van der Waals surface area (Å²) in [5.74, 6) is -0.00475. The number of piperidine rings is 2. The molecule has 1 atom stereocenters. The predicted octanol–water partition coefficient (Wildman–Crippen LogP) is 3.39. The summed E-state index contributed by atoms with van der Waals surface area (Å²) in [5, 5.41) is 6.22. The number of hydrogen-bond acceptors (Lipinski definition) is 4. The highest BCUT2D eigenvalue weighted by Gasteiger charge is 2.34. The van der Waals surface area contributed by atoms with Crippen molar-refractivity contribution in [3.05, 3.63) is 59.7 Å². The molecule has 2 N–H and O–H groups in total. The van der Waals surface area contributed by atoms with Crippen LogP contribution in [0.1, 0.15) is 48.0 Å². The first-order chi connectivity index (χ1) is 15.2. The van der Waals surface area contributed by atoms with E-state index in [-0.39, 0.29) is 23.9 Å². The van der Waals surface area contributed by atoms with Gasteiger partial charge in [-0.1, -0.05) is 30.3 Å². The summed E-state index contributed by atoms with van der Waals surface area (Å²) in [6.07, 6.45) is 5.00. The lowest BCUT2D eigenvalue weighted by Crippen LogP contribution is -2.50. The van der Waals surface area contributed by atoms with E-state index in [2.05, 4.69) is 44.7 Å². The number of fused-ring (bicyclic) bond motifs is 3. The van der Waals surface area contributed by atoms with E-state index in [1.165, 1.54) is 5.56 Å². The Morgan fingerprint density at radius 3 is 2.61 bits per heavy atom. The van der Waals surface area contributed by atoms with Crippen LogP contribution in [-0.2, 0) is 11.3 Å². The first-order valence-corrected chi connectivity index (χ1v) is 11.5. The second-order valence-corrected chi connectivity index (χ2v) is 8.94. The van der Waals surface area contributed by atoms with Crippen LogP contribution in [0.5, 0.6) is 0 Å². The number of nitrogens with zero attached hydrogens (tertiary/aromatic N) is 2. The molecule has 0 aromatic heterocycles. The van der Waals surface area contributed by atoms with Crippen LogP contribution in [0.25, 0.3) is 0 Å². The third-order valence-electron chi connectivity index (χ3n) is 6.80. The third-order valence-corrected chi connectivity index (χ3v) is 6.80. The van der Waals surface area contributed by atoms with Gasteiger partial charge in [0.1, 0.15) is 6.04 Å². The SMILES string of the molecule is O=C(NC1CCN(Cc2ccccc2)CC1)c1ccc2c(c1)NC(=O)C1CCCCN21. The van der Waals surface area contributed by atoms with Crippen molar-refractivity contribution in [2.24, 2.45) is 0 Å². The van der Waals surface area contributed by atoms with E-state index in [4.69, 9.17) is 0 Å². The van der Waals surface area contributed by atoms with Crippen molar-refractivity contribution in [1.29, 1.82) is 0 Å². The Labute approximate surface area is 183 Å². The van der Waals surface area contributed by atoms with Gasteiger partial charge in [-0.25, -0.2) is 0 Å². The number of carbonyl (C=O) groups is 2. The highest BCUT2D eigenvalue weighted by atomic mass is 16.2. The van der Waals surface area contributed by atoms with Gasteiger partial charge in [0, 0.05) is 37.8 Å². The molecule has 2 fully saturated rings. The van der Waals surface area contributed by atoms with Crippen LogP contribution in [0.4, 0.5) is 11.4 Å². The lowest BCUT2D eigenvalue weighted by atomic mass is 9.96. The van der Waals surface area contributed by atoms with Crippen LogP contribution in [0.2, 0.25) is 0 Å². The van der Waals surface area contributed by atoms with Crippen molar-refractivity contribution in [1.82, 2.24) is 10.2 Å². The highest BCUT2D eigenvalue weighted by molar-refractivity contribution is 6.05. The first kappa shape index (κ1) is 20.1. The van der Waals surface area contributed by atoms with Crippen molar-refractivity contribution < 1.29 is 9.59 Å². The number of amides is 2. The lowest BCUT2D eigenvalue weighted by Gasteiger charge is -2.41. The molecule has 1 unspecified atom stereocenters. The van der Waals surface area contributed by atoms with Gasteiger partial charge >= 0.3 is 0 Å². The molecule has 0 radical (unpaired) electrons. The second-order valence-electron chi connectivity index (χ2n) is 8.94. The fraction of sp³-hybridized carbons (Fsp3) is 0.440. The topological polar surface area (TPSA) is 64.7 Å². The molecule has 162 valence electrons. The van der Waals surface area contributed by atoms with E-state index in [1.807, 2.05) is 24.3 Å². The molecule has 2 aromatic carbocycles. The Morgan fingerprint density at radius 1 is 1.00 bits per heavy atom. The number of hydrogen-bond donors (Lipinski definition) is 2. The van der Waals surface area contributed by atoms with Gasteiger partial charge in [-0.2, -0.15) is 0 Å². The van der Waals surface area contributed by atoms with Gasteiger partial charge in [0.25, 0.3) is 5.91 Å². The van der Waals surface area contributed by atoms with E-state index in [0.29, 0.717) is 5.56 Å². The minimum absolute atomic E-state index is 0.0514. The monoisotopic (exact) mass is 418 g/mol. The van der Waals surface area contributed by atoms with Gasteiger partial charge in [0.05, 0.1) is 11.4 Å². The molecule has 2 amide bonds. The van der Waals surface area contributed by atoms with Crippen LogP contribution in [-0.4, -0.2) is 48.4 Å². The minimum atomic E-state index is -0.0676. The zero-order valence-electron chi connectivity index (χ0n) is 17.8. The maximum atomic E-state index is 12.9. The molecule has 0 spiro atoms. The molecule has 31 heavy (non-hydrogen) atoms. The van der Waals surface area contributed by atoms with Gasteiger partial charge in [0.2, 0.25) is 5.91 Å². The van der Waals surface area contributed by atoms with E-state index < -0.39 is 0 Å². The first-order valence-electron chi connectivity index (χ1n) is 11.5. The molecule has 2 saturated heterocycles. The molecule has 3 aliphatic heterocycles. The van der Waals surface area contributed by atoms with Gasteiger partial charge < -0.3 is 15.5 Å². The predicted molar refractivity (Wildman–Crippen MR) is 122 cm³/mol. The van der Waals surface area contributed by atoms with E-state index in [9.17, 15) is 9.59 Å². The van der Waals surface area contributed by atoms with Gasteiger partial charge in [-0.15, -0.1) is 0 Å². The number of carbonyl (C=O) groups excluding carboxylic acids is 2. The van der Waals surface area contributed by atoms with Gasteiger partial charge in [-0.05, 0) is 55.9 Å². The summed E-state index contributed by atoms with van der Waals surface area (Å²) in [6, 6.07) is 16.4. The smallest absolute Gasteiger partial charge is 0.251 e. The number of benzene rings is 2. The third kappa shape index (κ3) is 4.30. The summed E-state index contributed by atoms with van der Waals surface area (Å²) >= 11 is 0. The molecular weight excluding hydrogens is 388 g/mol. The fourth-order valence-corrected chi connectivity index (χ4v) is 5.08. The lowest BCUT2D eigenvalue weighted by molar-refractivity contribution is -0.118. The van der Waals surface area contributed by atoms with Gasteiger partial charge in [0.15, 0.2) is 0 Å². The molecule has 0 bridgehead atoms. The fourth-order valence-electron chi connectivity index (χ4n) is 5.08. The standard InChI is InChI=1S/C25H30N4O2/c30-24(26-20-11-14-28(15-12-20)17-18-6-2-1-3-7-18)19-9-10-22-21(16-19)27-25(31)23-8-4-5-13-29(22)23/h1-3,6-7,9-10,16,20,23H,4-5,8,11-15,17H2,(H,26,30)(H,27,31). The average Bonchev–Trinajstić information content (AvgIpc) is 2.81. The van der Waals surface area contributed by atoms with Crippen LogP contribution in [0.15, 0.2) is 48.5 Å². The Bertz CT molecular complexity index is 953. The summed E-state index contributed by atoms with van der Waals surface area (Å²) in [5.41, 5.74) is 3.74. The molecular formula is C25H30N4O2. The number of nitrogens with one attached hydrogen (secondary N) is 2. The Kier molecular flexibility index (Phi) is 5.64. The Hall–Kier alpha value is -2.86. The summed E-state index contributed by atoms with van der Waals surface area (Å²) < 4.78 is 0. The van der Waals surface area contributed by atoms with Crippen LogP contribution in [0, 0.1) is 0 Å². The molecule has 5 rings (SSSR count). The van der Waals surface area contributed by atoms with Crippen LogP contribution >= 0.6 is 0 Å². The molecule has 3 aliphatic rings. The molecule has 6 heteroatoms. The largest absolute Gasteiger partial charge is 0.358 e. The maximum Gasteiger partial charge on any atom is 0.251 e. The summed E-state index contributed by atoms with van der Waals surface area (Å²) in [4.78, 5) is 30.0. The Balaban J connectivity index is 1.19. The van der Waals surface area contributed by atoms with Crippen LogP contribution < -0.4 is 15.5 Å². The zero-order chi connectivity index (χ0) is 21.2. The van der Waals surface area contributed by atoms with Crippen LogP contribution in [0.3, 0.4) is 0 Å². The van der Waals surface area contributed by atoms with Crippen molar-refractivity contribution >= 4 is 23.2 Å². The highest BCUT2D eigenvalue weighted by Crippen LogP contribution is 2.36. The van der Waals surface area contributed by atoms with Crippen molar-refractivity contribution in [2.75, 3.05) is 29.9 Å². The molecule has 2 aromatic rings. The summed E-state index contributed by atoms with van der Waals surface area (Å²) in [7, 11) is 0. The van der Waals surface area contributed by atoms with E-state index in [0.717, 1.165) is 69.7 Å². The quantitative estimate of drug-likeness (QED) is 0.799. The zero-order valence-corrected chi connectivity index (χ0v) is 17.8. The summed E-state index contributed by atoms with van der Waals surface area (Å²) in [6.45, 7) is 3.83. The van der Waals surface area contributed by atoms with Crippen molar-refractivity contribution in [2.45, 2.75) is 50.7 Å². The maximum absolute atomic E-state index is 12.9. The molecule has 3 heterocycles. The van der Waals surface area contributed by atoms with E-state index in [1.54, 1.807) is 0 Å². The normalized spacial score (nSPS) is 21.7. The molecule has 6 nitrogen and oxygen atoms in total. The van der Waals surface area contributed by atoms with Crippen molar-refractivity contribution in [3.63, 3.8) is 0 Å². The minimum Gasteiger partial charge on any atom is -0.358 e. The average molecular weight is 419 g/mol. The van der Waals surface area contributed by atoms with Crippen molar-refractivity contribution in [3.8, 4) is 0 Å². The number of anilines is 2. The second kappa shape index (κ2) is 8.71. The molecule has 0 aliphatic carbocycles. The Morgan fingerprint density at radius 2 is 1.81 bits per heavy atom. The number of likely N-dealkylation sites (tertiary alicyclic amines) is 1. The number of rotatable bonds is 4.